The lowest BCUT2D eigenvalue weighted by atomic mass is 10.2. The van der Waals surface area contributed by atoms with Crippen molar-refractivity contribution >= 4 is 27.5 Å². The van der Waals surface area contributed by atoms with Crippen LogP contribution in [0.5, 0.6) is 0 Å². The summed E-state index contributed by atoms with van der Waals surface area (Å²) in [5.74, 6) is 0.530. The zero-order chi connectivity index (χ0) is 19.6. The van der Waals surface area contributed by atoms with Gasteiger partial charge in [-0.1, -0.05) is 17.8 Å². The molecule has 0 aliphatic carbocycles. The fraction of sp³-hybridized carbons (Fsp3) is 0.625. The minimum atomic E-state index is -3.67. The van der Waals surface area contributed by atoms with Gasteiger partial charge in [-0.15, -0.1) is 5.10 Å². The standard InChI is InChI=1S/C16H24N6O3S2/c1-4-6-13-15(26-19-18-13)16(23)21-7-5-8-22(10-9-21)27(24,25)14-11-20(3)12(2)17-14/h11H,4-10H2,1-3H3. The molecule has 0 unspecified atom stereocenters. The van der Waals surface area contributed by atoms with Crippen molar-refractivity contribution in [3.8, 4) is 0 Å². The molecule has 3 rings (SSSR count). The molecule has 0 saturated carbocycles. The second-order valence-corrected chi connectivity index (χ2v) is 9.22. The molecule has 0 bridgehead atoms. The predicted molar refractivity (Wildman–Crippen MR) is 101 cm³/mol. The molecule has 1 fully saturated rings. The van der Waals surface area contributed by atoms with Crippen LogP contribution in [0.1, 0.15) is 41.0 Å². The van der Waals surface area contributed by atoms with Gasteiger partial charge in [0.05, 0.1) is 5.69 Å². The van der Waals surface area contributed by atoms with Crippen LogP contribution in [-0.4, -0.2) is 68.8 Å². The van der Waals surface area contributed by atoms with E-state index in [0.29, 0.717) is 43.2 Å². The van der Waals surface area contributed by atoms with Gasteiger partial charge < -0.3 is 9.47 Å². The first-order valence-electron chi connectivity index (χ1n) is 8.95. The summed E-state index contributed by atoms with van der Waals surface area (Å²) in [6.45, 7) is 5.26. The first-order chi connectivity index (χ1) is 12.8. The van der Waals surface area contributed by atoms with E-state index in [4.69, 9.17) is 0 Å². The maximum atomic E-state index is 12.9. The number of aryl methyl sites for hydroxylation is 3. The number of imidazole rings is 1. The Morgan fingerprint density at radius 3 is 2.70 bits per heavy atom. The van der Waals surface area contributed by atoms with Crippen molar-refractivity contribution < 1.29 is 13.2 Å². The number of nitrogens with zero attached hydrogens (tertiary/aromatic N) is 6. The van der Waals surface area contributed by atoms with Crippen LogP contribution in [0.2, 0.25) is 0 Å². The zero-order valence-corrected chi connectivity index (χ0v) is 17.4. The van der Waals surface area contributed by atoms with E-state index < -0.39 is 10.0 Å². The highest BCUT2D eigenvalue weighted by Crippen LogP contribution is 2.20. The van der Waals surface area contributed by atoms with E-state index in [2.05, 4.69) is 14.6 Å². The molecule has 1 saturated heterocycles. The van der Waals surface area contributed by atoms with Crippen molar-refractivity contribution in [2.75, 3.05) is 26.2 Å². The highest BCUT2D eigenvalue weighted by Gasteiger charge is 2.31. The van der Waals surface area contributed by atoms with E-state index in [-0.39, 0.29) is 17.5 Å². The Morgan fingerprint density at radius 1 is 1.26 bits per heavy atom. The Morgan fingerprint density at radius 2 is 2.04 bits per heavy atom. The third-order valence-corrected chi connectivity index (χ3v) is 7.20. The van der Waals surface area contributed by atoms with Crippen LogP contribution in [0.4, 0.5) is 0 Å². The van der Waals surface area contributed by atoms with Gasteiger partial charge in [-0.25, -0.2) is 13.4 Å². The number of aromatic nitrogens is 4. The van der Waals surface area contributed by atoms with Crippen LogP contribution in [0.3, 0.4) is 0 Å². The van der Waals surface area contributed by atoms with Gasteiger partial charge in [0.15, 0.2) is 5.03 Å². The molecule has 0 atom stereocenters. The van der Waals surface area contributed by atoms with E-state index in [0.717, 1.165) is 23.6 Å². The van der Waals surface area contributed by atoms with Crippen LogP contribution >= 0.6 is 11.5 Å². The lowest BCUT2D eigenvalue weighted by Gasteiger charge is -2.21. The summed E-state index contributed by atoms with van der Waals surface area (Å²) in [6, 6.07) is 0. The molecule has 27 heavy (non-hydrogen) atoms. The second-order valence-electron chi connectivity index (χ2n) is 6.59. The molecule has 0 aromatic carbocycles. The molecule has 11 heteroatoms. The zero-order valence-electron chi connectivity index (χ0n) is 15.8. The van der Waals surface area contributed by atoms with E-state index in [1.54, 1.807) is 23.4 Å². The van der Waals surface area contributed by atoms with E-state index in [1.807, 2.05) is 6.92 Å². The summed E-state index contributed by atoms with van der Waals surface area (Å²) in [5.41, 5.74) is 0.727. The average molecular weight is 413 g/mol. The Kier molecular flexibility index (Phi) is 5.92. The number of carbonyl (C=O) groups excluding carboxylic acids is 1. The number of hydrogen-bond acceptors (Lipinski definition) is 7. The molecule has 2 aromatic heterocycles. The predicted octanol–water partition coefficient (Wildman–Crippen LogP) is 1.07. The Balaban J connectivity index is 1.73. The van der Waals surface area contributed by atoms with Gasteiger partial charge in [-0.2, -0.15) is 4.31 Å². The minimum Gasteiger partial charge on any atom is -0.337 e. The van der Waals surface area contributed by atoms with Crippen molar-refractivity contribution in [2.24, 2.45) is 7.05 Å². The summed E-state index contributed by atoms with van der Waals surface area (Å²) in [6.07, 6.45) is 3.71. The Hall–Kier alpha value is -1.85. The molecule has 1 aliphatic heterocycles. The van der Waals surface area contributed by atoms with Crippen molar-refractivity contribution in [2.45, 2.75) is 38.1 Å². The molecular weight excluding hydrogens is 388 g/mol. The summed E-state index contributed by atoms with van der Waals surface area (Å²) < 4.78 is 32.8. The molecule has 2 aromatic rings. The van der Waals surface area contributed by atoms with Gasteiger partial charge in [-0.05, 0) is 31.3 Å². The van der Waals surface area contributed by atoms with Crippen molar-refractivity contribution in [3.63, 3.8) is 0 Å². The van der Waals surface area contributed by atoms with Crippen LogP contribution in [0.25, 0.3) is 0 Å². The van der Waals surface area contributed by atoms with Crippen molar-refractivity contribution in [3.05, 3.63) is 22.6 Å². The van der Waals surface area contributed by atoms with Gasteiger partial charge in [-0.3, -0.25) is 4.79 Å². The van der Waals surface area contributed by atoms with Gasteiger partial charge in [0.25, 0.3) is 15.9 Å². The number of carbonyl (C=O) groups is 1. The number of amides is 1. The van der Waals surface area contributed by atoms with Crippen LogP contribution in [0, 0.1) is 6.92 Å². The molecule has 3 heterocycles. The lowest BCUT2D eigenvalue weighted by Crippen LogP contribution is -2.37. The number of hydrogen-bond donors (Lipinski definition) is 0. The van der Waals surface area contributed by atoms with Crippen molar-refractivity contribution in [1.82, 2.24) is 28.3 Å². The van der Waals surface area contributed by atoms with Crippen LogP contribution < -0.4 is 0 Å². The summed E-state index contributed by atoms with van der Waals surface area (Å²) in [5, 5.41) is 4.11. The Labute approximate surface area is 163 Å². The maximum absolute atomic E-state index is 12.9. The molecule has 0 spiro atoms. The first kappa shape index (κ1) is 19.9. The van der Waals surface area contributed by atoms with Crippen molar-refractivity contribution in [1.29, 1.82) is 0 Å². The van der Waals surface area contributed by atoms with Gasteiger partial charge in [0.2, 0.25) is 0 Å². The summed E-state index contributed by atoms with van der Waals surface area (Å²) >= 11 is 1.11. The third-order valence-electron chi connectivity index (χ3n) is 4.67. The molecule has 148 valence electrons. The van der Waals surface area contributed by atoms with E-state index in [1.165, 1.54) is 10.5 Å². The SMILES string of the molecule is CCCc1nnsc1C(=O)N1CCCN(S(=O)(=O)c2cn(C)c(C)n2)CC1. The van der Waals surface area contributed by atoms with E-state index >= 15 is 0 Å². The maximum Gasteiger partial charge on any atom is 0.267 e. The number of rotatable bonds is 5. The highest BCUT2D eigenvalue weighted by atomic mass is 32.2. The smallest absolute Gasteiger partial charge is 0.267 e. The highest BCUT2D eigenvalue weighted by molar-refractivity contribution is 7.89. The molecule has 1 amide bonds. The topological polar surface area (TPSA) is 101 Å². The van der Waals surface area contributed by atoms with Gasteiger partial charge in [0, 0.05) is 39.4 Å². The molecule has 1 aliphatic rings. The van der Waals surface area contributed by atoms with E-state index in [9.17, 15) is 13.2 Å². The number of sulfonamides is 1. The minimum absolute atomic E-state index is 0.0548. The molecular formula is C16H24N6O3S2. The van der Waals surface area contributed by atoms with Gasteiger partial charge in [0.1, 0.15) is 10.7 Å². The molecule has 0 N–H and O–H groups in total. The van der Waals surface area contributed by atoms with Crippen LogP contribution in [0.15, 0.2) is 11.2 Å². The summed E-state index contributed by atoms with van der Waals surface area (Å²) in [4.78, 5) is 19.3. The second kappa shape index (κ2) is 8.03. The van der Waals surface area contributed by atoms with Crippen LogP contribution in [-0.2, 0) is 23.5 Å². The van der Waals surface area contributed by atoms with Gasteiger partial charge >= 0.3 is 0 Å². The largest absolute Gasteiger partial charge is 0.337 e. The Bertz CT molecular complexity index is 901. The normalized spacial score (nSPS) is 16.5. The molecule has 0 radical (unpaired) electrons. The molecule has 9 nitrogen and oxygen atoms in total. The average Bonchev–Trinajstić information content (AvgIpc) is 3.13. The third kappa shape index (κ3) is 4.04. The fourth-order valence-electron chi connectivity index (χ4n) is 3.04. The fourth-order valence-corrected chi connectivity index (χ4v) is 5.21. The lowest BCUT2D eigenvalue weighted by molar-refractivity contribution is 0.0767. The monoisotopic (exact) mass is 412 g/mol. The quantitative estimate of drug-likeness (QED) is 0.728. The summed E-state index contributed by atoms with van der Waals surface area (Å²) in [7, 11) is -1.90. The first-order valence-corrected chi connectivity index (χ1v) is 11.2.